The summed E-state index contributed by atoms with van der Waals surface area (Å²) in [5, 5.41) is 3.48. The molecule has 0 unspecified atom stereocenters. The van der Waals surface area contributed by atoms with Crippen molar-refractivity contribution in [3.05, 3.63) is 94.0 Å². The topological polar surface area (TPSA) is 86.8 Å². The van der Waals surface area contributed by atoms with Gasteiger partial charge < -0.3 is 10.2 Å². The number of amides is 2. The summed E-state index contributed by atoms with van der Waals surface area (Å²) in [5.74, 6) is -0.736. The maximum absolute atomic E-state index is 14.1. The zero-order valence-electron chi connectivity index (χ0n) is 24.1. The van der Waals surface area contributed by atoms with E-state index in [2.05, 4.69) is 5.32 Å². The van der Waals surface area contributed by atoms with Gasteiger partial charge >= 0.3 is 0 Å². The Bertz CT molecular complexity index is 1500. The smallest absolute Gasteiger partial charge is 0.264 e. The molecule has 0 saturated heterocycles. The highest BCUT2D eigenvalue weighted by Crippen LogP contribution is 2.29. The van der Waals surface area contributed by atoms with Gasteiger partial charge in [0.2, 0.25) is 11.8 Å². The summed E-state index contributed by atoms with van der Waals surface area (Å²) in [7, 11) is -4.15. The Morgan fingerprint density at radius 3 is 2.24 bits per heavy atom. The van der Waals surface area contributed by atoms with E-state index >= 15 is 0 Å². The highest BCUT2D eigenvalue weighted by Gasteiger charge is 2.33. The molecule has 0 bridgehead atoms. The van der Waals surface area contributed by atoms with Gasteiger partial charge in [0.15, 0.2) is 0 Å². The number of sulfonamides is 1. The molecular formula is C32H38ClN3O4S. The van der Waals surface area contributed by atoms with E-state index in [1.165, 1.54) is 17.0 Å². The maximum atomic E-state index is 14.1. The van der Waals surface area contributed by atoms with Crippen LogP contribution in [0.25, 0.3) is 0 Å². The normalized spacial score (nSPS) is 14.5. The van der Waals surface area contributed by atoms with Gasteiger partial charge in [0.05, 0.1) is 10.6 Å². The van der Waals surface area contributed by atoms with E-state index in [1.807, 2.05) is 45.0 Å². The van der Waals surface area contributed by atoms with Crippen molar-refractivity contribution in [3.63, 3.8) is 0 Å². The lowest BCUT2D eigenvalue weighted by Gasteiger charge is -2.33. The summed E-state index contributed by atoms with van der Waals surface area (Å²) in [4.78, 5) is 29.0. The fraction of sp³-hybridized carbons (Fsp3) is 0.375. The van der Waals surface area contributed by atoms with E-state index in [0.717, 1.165) is 52.2 Å². The first kappa shape index (κ1) is 30.6. The first-order chi connectivity index (χ1) is 19.5. The molecule has 2 amide bonds. The van der Waals surface area contributed by atoms with Crippen molar-refractivity contribution in [2.45, 2.75) is 76.9 Å². The highest BCUT2D eigenvalue weighted by molar-refractivity contribution is 7.92. The molecule has 0 heterocycles. The number of halogens is 1. The highest BCUT2D eigenvalue weighted by atomic mass is 35.5. The molecule has 9 heteroatoms. The molecule has 218 valence electrons. The maximum Gasteiger partial charge on any atom is 0.264 e. The van der Waals surface area contributed by atoms with Crippen LogP contribution in [0.2, 0.25) is 5.02 Å². The number of benzene rings is 3. The van der Waals surface area contributed by atoms with Crippen molar-refractivity contribution in [2.24, 2.45) is 0 Å². The summed E-state index contributed by atoms with van der Waals surface area (Å²) in [5.41, 5.74) is 3.83. The second kappa shape index (κ2) is 13.1. The minimum absolute atomic E-state index is 0.0603. The van der Waals surface area contributed by atoms with Crippen LogP contribution in [0.5, 0.6) is 0 Å². The Morgan fingerprint density at radius 1 is 0.951 bits per heavy atom. The van der Waals surface area contributed by atoms with Gasteiger partial charge in [-0.3, -0.25) is 13.9 Å². The number of aryl methyl sites for hydroxylation is 3. The molecule has 41 heavy (non-hydrogen) atoms. The van der Waals surface area contributed by atoms with Gasteiger partial charge in [-0.2, -0.15) is 0 Å². The quantitative estimate of drug-likeness (QED) is 0.314. The molecule has 1 N–H and O–H groups in total. The summed E-state index contributed by atoms with van der Waals surface area (Å²) in [6.45, 7) is 7.01. The van der Waals surface area contributed by atoms with Crippen molar-refractivity contribution in [1.29, 1.82) is 0 Å². The van der Waals surface area contributed by atoms with Gasteiger partial charge in [-0.1, -0.05) is 72.5 Å². The number of hydrogen-bond acceptors (Lipinski definition) is 4. The van der Waals surface area contributed by atoms with Gasteiger partial charge in [-0.25, -0.2) is 8.42 Å². The molecular weight excluding hydrogens is 558 g/mol. The van der Waals surface area contributed by atoms with Crippen LogP contribution in [-0.4, -0.2) is 43.8 Å². The molecule has 1 saturated carbocycles. The average molecular weight is 596 g/mol. The Hall–Kier alpha value is -3.36. The fourth-order valence-electron chi connectivity index (χ4n) is 5.05. The van der Waals surface area contributed by atoms with Crippen LogP contribution in [0.15, 0.2) is 71.6 Å². The predicted molar refractivity (Wildman–Crippen MR) is 163 cm³/mol. The number of rotatable bonds is 10. The number of carbonyl (C=O) groups excluding carboxylic acids is 2. The number of hydrogen-bond donors (Lipinski definition) is 1. The lowest BCUT2D eigenvalue weighted by atomic mass is 10.1. The zero-order chi connectivity index (χ0) is 29.7. The van der Waals surface area contributed by atoms with Gasteiger partial charge in [0, 0.05) is 17.6 Å². The third kappa shape index (κ3) is 7.29. The standard InChI is InChI=1S/C32H38ClN3O4S/c1-22-13-17-29(18-14-22)41(39,40)36(28-16-15-24(3)30(33)19-28)21-31(37)35(20-26-10-6-5-9-23(26)2)25(4)32(38)34-27-11-7-8-12-27/h5-6,9-10,13-19,25,27H,7-8,11-12,20-21H2,1-4H3,(H,34,38)/t25-/m1/s1. The van der Waals surface area contributed by atoms with Crippen LogP contribution >= 0.6 is 11.6 Å². The Balaban J connectivity index is 1.71. The van der Waals surface area contributed by atoms with Gasteiger partial charge in [0.1, 0.15) is 12.6 Å². The molecule has 4 rings (SSSR count). The van der Waals surface area contributed by atoms with Crippen molar-refractivity contribution in [2.75, 3.05) is 10.8 Å². The van der Waals surface area contributed by atoms with Crippen LogP contribution in [0.3, 0.4) is 0 Å². The molecule has 1 atom stereocenters. The SMILES string of the molecule is Cc1ccc(S(=O)(=O)N(CC(=O)N(Cc2ccccc2C)[C@H](C)C(=O)NC2CCCC2)c2ccc(C)c(Cl)c2)cc1. The fourth-order valence-corrected chi connectivity index (χ4v) is 6.63. The molecule has 1 aliphatic carbocycles. The molecule has 1 aliphatic rings. The predicted octanol–water partition coefficient (Wildman–Crippen LogP) is 5.94. The van der Waals surface area contributed by atoms with Crippen molar-refractivity contribution < 1.29 is 18.0 Å². The zero-order valence-corrected chi connectivity index (χ0v) is 25.6. The van der Waals surface area contributed by atoms with Crippen LogP contribution in [0, 0.1) is 20.8 Å². The summed E-state index contributed by atoms with van der Waals surface area (Å²) in [6, 6.07) is 18.4. The van der Waals surface area contributed by atoms with E-state index in [0.29, 0.717) is 5.02 Å². The third-order valence-corrected chi connectivity index (χ3v) is 10.00. The minimum Gasteiger partial charge on any atom is -0.352 e. The van der Waals surface area contributed by atoms with E-state index in [1.54, 1.807) is 37.3 Å². The van der Waals surface area contributed by atoms with E-state index in [4.69, 9.17) is 11.6 Å². The minimum atomic E-state index is -4.15. The Labute approximate surface area is 248 Å². The van der Waals surface area contributed by atoms with Crippen LogP contribution in [0.1, 0.15) is 54.9 Å². The number of nitrogens with zero attached hydrogens (tertiary/aromatic N) is 2. The van der Waals surface area contributed by atoms with Gasteiger partial charge in [-0.05, 0) is 81.5 Å². The molecule has 1 fully saturated rings. The molecule has 7 nitrogen and oxygen atoms in total. The number of carbonyl (C=O) groups is 2. The van der Waals surface area contributed by atoms with E-state index in [-0.39, 0.29) is 29.1 Å². The molecule has 0 radical (unpaired) electrons. The van der Waals surface area contributed by atoms with Crippen LogP contribution < -0.4 is 9.62 Å². The first-order valence-electron chi connectivity index (χ1n) is 14.0. The lowest BCUT2D eigenvalue weighted by Crippen LogP contribution is -2.52. The Morgan fingerprint density at radius 2 is 1.61 bits per heavy atom. The summed E-state index contributed by atoms with van der Waals surface area (Å²) in [6.07, 6.45) is 3.97. The van der Waals surface area contributed by atoms with Crippen molar-refractivity contribution in [1.82, 2.24) is 10.2 Å². The second-order valence-corrected chi connectivity index (χ2v) is 13.1. The molecule has 0 spiro atoms. The largest absolute Gasteiger partial charge is 0.352 e. The number of nitrogens with one attached hydrogen (secondary N) is 1. The van der Waals surface area contributed by atoms with Crippen molar-refractivity contribution >= 4 is 39.1 Å². The first-order valence-corrected chi connectivity index (χ1v) is 15.8. The summed E-state index contributed by atoms with van der Waals surface area (Å²) < 4.78 is 29.0. The molecule has 3 aromatic carbocycles. The average Bonchev–Trinajstić information content (AvgIpc) is 3.45. The number of anilines is 1. The molecule has 0 aromatic heterocycles. The van der Waals surface area contributed by atoms with Crippen LogP contribution in [-0.2, 0) is 26.2 Å². The monoisotopic (exact) mass is 595 g/mol. The lowest BCUT2D eigenvalue weighted by molar-refractivity contribution is -0.139. The van der Waals surface area contributed by atoms with E-state index < -0.39 is 28.5 Å². The molecule has 0 aliphatic heterocycles. The Kier molecular flexibility index (Phi) is 9.76. The van der Waals surface area contributed by atoms with Gasteiger partial charge in [0.25, 0.3) is 10.0 Å². The third-order valence-electron chi connectivity index (χ3n) is 7.80. The summed E-state index contributed by atoms with van der Waals surface area (Å²) >= 11 is 6.40. The van der Waals surface area contributed by atoms with Gasteiger partial charge in [-0.15, -0.1) is 0 Å². The van der Waals surface area contributed by atoms with E-state index in [9.17, 15) is 18.0 Å². The van der Waals surface area contributed by atoms with Crippen molar-refractivity contribution in [3.8, 4) is 0 Å². The molecule has 3 aromatic rings. The second-order valence-electron chi connectivity index (χ2n) is 10.9. The van der Waals surface area contributed by atoms with Crippen LogP contribution in [0.4, 0.5) is 5.69 Å².